The first-order valence-electron chi connectivity index (χ1n) is 14.9. The number of imidazole rings is 1. The lowest BCUT2D eigenvalue weighted by molar-refractivity contribution is -0.120. The van der Waals surface area contributed by atoms with Crippen LogP contribution >= 0.6 is 0 Å². The summed E-state index contributed by atoms with van der Waals surface area (Å²) in [5, 5.41) is 9.86. The number of hydrogen-bond donors (Lipinski definition) is 4. The topological polar surface area (TPSA) is 118 Å². The highest BCUT2D eigenvalue weighted by Crippen LogP contribution is 2.40. The van der Waals surface area contributed by atoms with Crippen molar-refractivity contribution in [2.24, 2.45) is 5.92 Å². The largest absolute Gasteiger partial charge is 0.472 e. The van der Waals surface area contributed by atoms with E-state index in [2.05, 4.69) is 32.0 Å². The molecule has 9 heteroatoms. The number of nitrogens with zero attached hydrogens (tertiary/aromatic N) is 2. The number of nitrogens with one attached hydrogen (secondary N) is 4. The number of allylic oxidation sites excluding steroid dienone is 3. The lowest BCUT2D eigenvalue weighted by Crippen LogP contribution is -2.24. The molecule has 3 aromatic heterocycles. The summed E-state index contributed by atoms with van der Waals surface area (Å²) in [6.45, 7) is 0.380. The van der Waals surface area contributed by atoms with Crippen LogP contribution in [0.1, 0.15) is 66.0 Å². The lowest BCUT2D eigenvalue weighted by Gasteiger charge is -2.20. The molecule has 1 atom stereocenters. The van der Waals surface area contributed by atoms with E-state index in [4.69, 9.17) is 9.40 Å². The molecule has 0 bridgehead atoms. The molecule has 43 heavy (non-hydrogen) atoms. The fourth-order valence-electron chi connectivity index (χ4n) is 6.55. The number of fused-ring (bicyclic) bond motifs is 3. The third-order valence-corrected chi connectivity index (χ3v) is 8.86. The maximum Gasteiger partial charge on any atom is 0.227 e. The van der Waals surface area contributed by atoms with Crippen LogP contribution in [-0.2, 0) is 17.8 Å². The highest BCUT2D eigenvalue weighted by Gasteiger charge is 2.38. The highest BCUT2D eigenvalue weighted by atomic mass is 19.1. The smallest absolute Gasteiger partial charge is 0.227 e. The van der Waals surface area contributed by atoms with E-state index in [-0.39, 0.29) is 23.8 Å². The van der Waals surface area contributed by atoms with Gasteiger partial charge in [0.1, 0.15) is 17.8 Å². The van der Waals surface area contributed by atoms with Gasteiger partial charge >= 0.3 is 0 Å². The van der Waals surface area contributed by atoms with Crippen molar-refractivity contribution in [1.82, 2.24) is 25.6 Å². The molecule has 4 aliphatic rings. The fourth-order valence-corrected chi connectivity index (χ4v) is 6.55. The summed E-state index contributed by atoms with van der Waals surface area (Å²) in [5.41, 5.74) is 8.99. The average molecular weight is 575 g/mol. The fraction of sp³-hybridized carbons (Fsp3) is 0.265. The number of halogens is 1. The molecular formula is C34H31FN6O2. The van der Waals surface area contributed by atoms with Crippen molar-refractivity contribution < 1.29 is 13.6 Å². The van der Waals surface area contributed by atoms with E-state index < -0.39 is 0 Å². The van der Waals surface area contributed by atoms with Crippen molar-refractivity contribution >= 4 is 22.7 Å². The van der Waals surface area contributed by atoms with Gasteiger partial charge in [-0.3, -0.25) is 15.1 Å². The predicted octanol–water partition coefficient (Wildman–Crippen LogP) is 6.06. The number of H-pyrrole nitrogens is 1. The van der Waals surface area contributed by atoms with Crippen molar-refractivity contribution in [3.05, 3.63) is 113 Å². The number of furan rings is 1. The normalized spacial score (nSPS) is 19.4. The van der Waals surface area contributed by atoms with Crippen LogP contribution in [0.25, 0.3) is 22.3 Å². The number of rotatable bonds is 5. The molecule has 4 aromatic rings. The molecule has 0 spiro atoms. The van der Waals surface area contributed by atoms with Crippen LogP contribution in [0, 0.1) is 11.7 Å². The summed E-state index contributed by atoms with van der Waals surface area (Å²) < 4.78 is 21.2. The maximum atomic E-state index is 15.9. The van der Waals surface area contributed by atoms with Crippen molar-refractivity contribution in [3.8, 4) is 11.1 Å². The molecule has 2 fully saturated rings. The summed E-state index contributed by atoms with van der Waals surface area (Å²) in [4.78, 5) is 26.0. The third kappa shape index (κ3) is 4.79. The minimum Gasteiger partial charge on any atom is -0.472 e. The Morgan fingerprint density at radius 3 is 2.84 bits per heavy atom. The average Bonchev–Trinajstić information content (AvgIpc) is 3.47. The van der Waals surface area contributed by atoms with Crippen molar-refractivity contribution in [1.29, 1.82) is 0 Å². The van der Waals surface area contributed by atoms with Crippen LogP contribution in [0.3, 0.4) is 0 Å². The van der Waals surface area contributed by atoms with Crippen molar-refractivity contribution in [2.45, 2.75) is 51.2 Å². The number of aromatic amines is 1. The van der Waals surface area contributed by atoms with Crippen LogP contribution in [0.5, 0.6) is 0 Å². The molecule has 0 radical (unpaired) electrons. The monoisotopic (exact) mass is 574 g/mol. The Bertz CT molecular complexity index is 1830. The Hall–Kier alpha value is -4.76. The second-order valence-electron chi connectivity index (χ2n) is 11.7. The number of benzene rings is 1. The number of pyridine rings is 1. The number of anilines is 1. The van der Waals surface area contributed by atoms with Gasteiger partial charge in [0, 0.05) is 58.6 Å². The molecule has 1 unspecified atom stereocenters. The molecule has 8 rings (SSSR count). The van der Waals surface area contributed by atoms with Crippen molar-refractivity contribution in [2.75, 3.05) is 5.32 Å². The number of aromatic nitrogens is 3. The molecule has 2 aliphatic heterocycles. The second-order valence-corrected chi connectivity index (χ2v) is 11.7. The van der Waals surface area contributed by atoms with Crippen LogP contribution in [0.15, 0.2) is 77.5 Å². The zero-order valence-corrected chi connectivity index (χ0v) is 23.5. The third-order valence-electron chi connectivity index (χ3n) is 8.86. The number of hydrogen-bond acceptors (Lipinski definition) is 6. The minimum absolute atomic E-state index is 0.0331. The van der Waals surface area contributed by atoms with Crippen LogP contribution < -0.4 is 16.0 Å². The molecule has 1 saturated heterocycles. The Labute approximate surface area is 248 Å². The summed E-state index contributed by atoms with van der Waals surface area (Å²) in [7, 11) is 0. The predicted molar refractivity (Wildman–Crippen MR) is 162 cm³/mol. The minimum atomic E-state index is -0.300. The van der Waals surface area contributed by atoms with Gasteiger partial charge in [-0.2, -0.15) is 0 Å². The van der Waals surface area contributed by atoms with Gasteiger partial charge in [-0.05, 0) is 48.2 Å². The van der Waals surface area contributed by atoms with Crippen LogP contribution in [0.4, 0.5) is 10.1 Å². The van der Waals surface area contributed by atoms with Gasteiger partial charge in [-0.1, -0.05) is 37.5 Å². The van der Waals surface area contributed by atoms with Gasteiger partial charge in [-0.15, -0.1) is 0 Å². The quantitative estimate of drug-likeness (QED) is 0.215. The van der Waals surface area contributed by atoms with E-state index in [0.29, 0.717) is 35.6 Å². The summed E-state index contributed by atoms with van der Waals surface area (Å²) in [6.07, 6.45) is 18.8. The van der Waals surface area contributed by atoms with Gasteiger partial charge in [0.2, 0.25) is 5.91 Å². The number of carbonyl (C=O) groups is 1. The lowest BCUT2D eigenvalue weighted by atomic mass is 9.88. The second kappa shape index (κ2) is 10.5. The van der Waals surface area contributed by atoms with E-state index in [9.17, 15) is 4.79 Å². The SMILES string of the molecule is O=C(Nc1cncc(-c2cc(F)c3c(c2)C(c2nc4c([nH]2)CC=CC=C4c2ccoc2)=C2NC2NC3)c1)C1CCCCC1. The summed E-state index contributed by atoms with van der Waals surface area (Å²) >= 11 is 0. The molecule has 8 nitrogen and oxygen atoms in total. The zero-order chi connectivity index (χ0) is 28.9. The molecule has 1 amide bonds. The molecule has 1 saturated carbocycles. The van der Waals surface area contributed by atoms with Gasteiger partial charge in [0.05, 0.1) is 35.8 Å². The van der Waals surface area contributed by atoms with E-state index in [1.807, 2.05) is 30.4 Å². The first kappa shape index (κ1) is 25.9. The van der Waals surface area contributed by atoms with Gasteiger partial charge < -0.3 is 20.0 Å². The van der Waals surface area contributed by atoms with E-state index in [0.717, 1.165) is 70.6 Å². The van der Waals surface area contributed by atoms with E-state index in [1.54, 1.807) is 31.0 Å². The first-order chi connectivity index (χ1) is 21.1. The molecule has 5 heterocycles. The van der Waals surface area contributed by atoms with Crippen molar-refractivity contribution in [3.63, 3.8) is 0 Å². The molecular weight excluding hydrogens is 543 g/mol. The molecule has 1 aromatic carbocycles. The Balaban J connectivity index is 1.18. The van der Waals surface area contributed by atoms with Gasteiger partial charge in [0.15, 0.2) is 0 Å². The molecule has 4 N–H and O–H groups in total. The Morgan fingerprint density at radius 1 is 1.07 bits per heavy atom. The Kier molecular flexibility index (Phi) is 6.33. The zero-order valence-electron chi connectivity index (χ0n) is 23.5. The Morgan fingerprint density at radius 2 is 1.98 bits per heavy atom. The van der Waals surface area contributed by atoms with Crippen LogP contribution in [0.2, 0.25) is 0 Å². The molecule has 2 aliphatic carbocycles. The number of amides is 1. The highest BCUT2D eigenvalue weighted by molar-refractivity contribution is 5.93. The molecule has 216 valence electrons. The first-order valence-corrected chi connectivity index (χ1v) is 14.9. The van der Waals surface area contributed by atoms with E-state index >= 15 is 4.39 Å². The van der Waals surface area contributed by atoms with Crippen LogP contribution in [-0.4, -0.2) is 27.0 Å². The maximum absolute atomic E-state index is 15.9. The standard InChI is InChI=1S/C34H31FN6O2/c35-27-14-21(22-12-23(16-36-15-22)38-34(42)19-6-2-1-3-7-19)13-25-26(27)17-37-33-31(41-33)29(25)32-39-28-9-5-4-8-24(30(28)40-32)20-10-11-43-18-20/h4-5,8,10-16,18-19,33,37,41H,1-3,6-7,9,17H2,(H,38,42)(H,39,40). The van der Waals surface area contributed by atoms with Gasteiger partial charge in [0.25, 0.3) is 0 Å². The van der Waals surface area contributed by atoms with E-state index in [1.165, 1.54) is 6.42 Å². The summed E-state index contributed by atoms with van der Waals surface area (Å²) in [5.74, 6) is 0.455. The number of carbonyl (C=O) groups excluding carboxylic acids is 1. The van der Waals surface area contributed by atoms with Gasteiger partial charge in [-0.25, -0.2) is 9.37 Å². The summed E-state index contributed by atoms with van der Waals surface area (Å²) in [6, 6.07) is 7.36.